The lowest BCUT2D eigenvalue weighted by Crippen LogP contribution is -3.00. The van der Waals surface area contributed by atoms with Crippen LogP contribution < -0.4 is 28.5 Å². The summed E-state index contributed by atoms with van der Waals surface area (Å²) in [5, 5.41) is 0.674. The zero-order valence-corrected chi connectivity index (χ0v) is 14.5. The standard InChI is InChI=1S/C14H17ClN3O.HI/c1-11(12-6-4-5-7-13(12)15)17(3)14(19)18-9-8-16(2)10-18;/h4-11H,1-3H3;1H/q+1;/p-1. The van der Waals surface area contributed by atoms with Crippen LogP contribution in [-0.4, -0.2) is 22.5 Å². The Morgan fingerprint density at radius 3 is 2.60 bits per heavy atom. The van der Waals surface area contributed by atoms with Gasteiger partial charge in [-0.25, -0.2) is 9.36 Å². The molecule has 6 heteroatoms. The molecule has 1 atom stereocenters. The van der Waals surface area contributed by atoms with E-state index in [1.54, 1.807) is 29.0 Å². The Morgan fingerprint density at radius 2 is 2.05 bits per heavy atom. The van der Waals surface area contributed by atoms with E-state index in [1.807, 2.05) is 49.0 Å². The van der Waals surface area contributed by atoms with Gasteiger partial charge < -0.3 is 28.9 Å². The number of benzene rings is 1. The molecule has 0 aliphatic heterocycles. The number of amides is 1. The first-order valence-electron chi connectivity index (χ1n) is 6.05. The average molecular weight is 406 g/mol. The SMILES string of the molecule is CC(c1ccccc1Cl)N(C)C(=O)n1cc[n+](C)c1.[I-]. The second-order valence-electron chi connectivity index (χ2n) is 4.58. The van der Waals surface area contributed by atoms with Crippen LogP contribution in [0, 0.1) is 0 Å². The number of rotatable bonds is 2. The summed E-state index contributed by atoms with van der Waals surface area (Å²) in [7, 11) is 3.65. The van der Waals surface area contributed by atoms with Crippen molar-refractivity contribution in [3.8, 4) is 0 Å². The smallest absolute Gasteiger partial charge is 0.416 e. The number of imidazole rings is 1. The Labute approximate surface area is 141 Å². The first-order valence-corrected chi connectivity index (χ1v) is 6.43. The third-order valence-corrected chi connectivity index (χ3v) is 3.57. The maximum atomic E-state index is 12.3. The van der Waals surface area contributed by atoms with Gasteiger partial charge in [0.25, 0.3) is 6.33 Å². The predicted octanol–water partition coefficient (Wildman–Crippen LogP) is -0.369. The van der Waals surface area contributed by atoms with Gasteiger partial charge >= 0.3 is 6.03 Å². The van der Waals surface area contributed by atoms with Crippen LogP contribution in [0.3, 0.4) is 0 Å². The van der Waals surface area contributed by atoms with Crippen LogP contribution in [0.1, 0.15) is 18.5 Å². The molecule has 0 aliphatic rings. The zero-order chi connectivity index (χ0) is 14.0. The van der Waals surface area contributed by atoms with Gasteiger partial charge in [0.1, 0.15) is 12.4 Å². The maximum Gasteiger partial charge on any atom is 0.416 e. The third-order valence-electron chi connectivity index (χ3n) is 3.23. The summed E-state index contributed by atoms with van der Waals surface area (Å²) < 4.78 is 3.37. The Hall–Kier alpha value is -1.08. The molecule has 4 nitrogen and oxygen atoms in total. The molecule has 1 heterocycles. The number of carbonyl (C=O) groups is 1. The van der Waals surface area contributed by atoms with Crippen LogP contribution in [0.2, 0.25) is 5.02 Å². The van der Waals surface area contributed by atoms with E-state index in [1.165, 1.54) is 0 Å². The van der Waals surface area contributed by atoms with Gasteiger partial charge in [-0.15, -0.1) is 0 Å². The molecule has 1 amide bonds. The van der Waals surface area contributed by atoms with E-state index in [2.05, 4.69) is 0 Å². The highest BCUT2D eigenvalue weighted by Gasteiger charge is 2.24. The minimum atomic E-state index is -0.0898. The van der Waals surface area contributed by atoms with Crippen molar-refractivity contribution in [1.82, 2.24) is 9.47 Å². The molecule has 20 heavy (non-hydrogen) atoms. The lowest BCUT2D eigenvalue weighted by molar-refractivity contribution is -0.670. The van der Waals surface area contributed by atoms with Crippen LogP contribution in [0.25, 0.3) is 0 Å². The third kappa shape index (κ3) is 3.52. The fourth-order valence-electron chi connectivity index (χ4n) is 1.93. The minimum absolute atomic E-state index is 0. The van der Waals surface area contributed by atoms with Gasteiger partial charge in [-0.2, -0.15) is 4.57 Å². The van der Waals surface area contributed by atoms with Crippen LogP contribution in [0.15, 0.2) is 43.0 Å². The Morgan fingerprint density at radius 1 is 1.40 bits per heavy atom. The summed E-state index contributed by atoms with van der Waals surface area (Å²) in [6.07, 6.45) is 5.29. The number of aromatic nitrogens is 2. The Kier molecular flexibility index (Phi) is 6.01. The summed E-state index contributed by atoms with van der Waals surface area (Å²) in [6, 6.07) is 7.40. The maximum absolute atomic E-state index is 12.3. The summed E-state index contributed by atoms with van der Waals surface area (Å²) in [6.45, 7) is 1.96. The molecule has 0 bridgehead atoms. The van der Waals surface area contributed by atoms with Crippen molar-refractivity contribution in [3.63, 3.8) is 0 Å². The second-order valence-corrected chi connectivity index (χ2v) is 4.98. The van der Waals surface area contributed by atoms with Crippen LogP contribution in [0.4, 0.5) is 4.79 Å². The van der Waals surface area contributed by atoms with E-state index in [0.717, 1.165) is 5.56 Å². The molecule has 0 N–H and O–H groups in total. The van der Waals surface area contributed by atoms with E-state index >= 15 is 0 Å². The van der Waals surface area contributed by atoms with Crippen molar-refractivity contribution < 1.29 is 33.3 Å². The summed E-state index contributed by atoms with van der Waals surface area (Å²) in [5.41, 5.74) is 0.941. The molecule has 108 valence electrons. The fraction of sp³-hybridized carbons (Fsp3) is 0.286. The van der Waals surface area contributed by atoms with Gasteiger partial charge in [-0.05, 0) is 18.6 Å². The van der Waals surface area contributed by atoms with Gasteiger partial charge in [-0.1, -0.05) is 29.8 Å². The van der Waals surface area contributed by atoms with E-state index in [9.17, 15) is 4.79 Å². The second kappa shape index (κ2) is 7.08. The number of nitrogens with zero attached hydrogens (tertiary/aromatic N) is 3. The molecule has 0 fully saturated rings. The Balaban J connectivity index is 0.00000200. The molecule has 0 saturated carbocycles. The van der Waals surface area contributed by atoms with Crippen LogP contribution in [0.5, 0.6) is 0 Å². The first kappa shape index (κ1) is 17.0. The topological polar surface area (TPSA) is 29.1 Å². The highest BCUT2D eigenvalue weighted by Crippen LogP contribution is 2.26. The monoisotopic (exact) mass is 405 g/mol. The predicted molar refractivity (Wildman–Crippen MR) is 74.0 cm³/mol. The fourth-order valence-corrected chi connectivity index (χ4v) is 2.23. The van der Waals surface area contributed by atoms with Gasteiger partial charge in [0, 0.05) is 12.1 Å². The quantitative estimate of drug-likeness (QED) is 0.495. The Bertz CT molecular complexity index is 600. The molecule has 0 aliphatic carbocycles. The van der Waals surface area contributed by atoms with Gasteiger partial charge in [0.2, 0.25) is 0 Å². The summed E-state index contributed by atoms with van der Waals surface area (Å²) in [4.78, 5) is 14.0. The lowest BCUT2D eigenvalue weighted by Gasteiger charge is -2.23. The van der Waals surface area contributed by atoms with Gasteiger partial charge in [0.15, 0.2) is 0 Å². The van der Waals surface area contributed by atoms with Crippen LogP contribution in [-0.2, 0) is 7.05 Å². The van der Waals surface area contributed by atoms with E-state index in [4.69, 9.17) is 11.6 Å². The van der Waals surface area contributed by atoms with Crippen molar-refractivity contribution in [2.24, 2.45) is 7.05 Å². The van der Waals surface area contributed by atoms with Crippen molar-refractivity contribution >= 4 is 17.6 Å². The number of aryl methyl sites for hydroxylation is 1. The molecule has 1 unspecified atom stereocenters. The molecule has 0 saturated heterocycles. The van der Waals surface area contributed by atoms with E-state index < -0.39 is 0 Å². The largest absolute Gasteiger partial charge is 1.00 e. The number of carbonyl (C=O) groups excluding carboxylic acids is 1. The first-order chi connectivity index (χ1) is 9.00. The minimum Gasteiger partial charge on any atom is -1.00 e. The highest BCUT2D eigenvalue weighted by atomic mass is 127. The number of hydrogen-bond donors (Lipinski definition) is 0. The molecule has 1 aromatic carbocycles. The van der Waals surface area contributed by atoms with E-state index in [0.29, 0.717) is 5.02 Å². The molecular formula is C14H17ClIN3O. The molecule has 2 rings (SSSR count). The highest BCUT2D eigenvalue weighted by molar-refractivity contribution is 6.31. The molecule has 0 radical (unpaired) electrons. The molecule has 1 aromatic heterocycles. The molecule has 0 spiro atoms. The van der Waals surface area contributed by atoms with Crippen molar-refractivity contribution in [2.45, 2.75) is 13.0 Å². The number of halogens is 2. The average Bonchev–Trinajstić information content (AvgIpc) is 2.83. The summed E-state index contributed by atoms with van der Waals surface area (Å²) >= 11 is 6.17. The van der Waals surface area contributed by atoms with E-state index in [-0.39, 0.29) is 36.0 Å². The van der Waals surface area contributed by atoms with Gasteiger partial charge in [0.05, 0.1) is 13.1 Å². The van der Waals surface area contributed by atoms with Crippen molar-refractivity contribution in [3.05, 3.63) is 53.6 Å². The molecular weight excluding hydrogens is 389 g/mol. The summed E-state index contributed by atoms with van der Waals surface area (Å²) in [5.74, 6) is 0. The van der Waals surface area contributed by atoms with Crippen molar-refractivity contribution in [1.29, 1.82) is 0 Å². The van der Waals surface area contributed by atoms with Gasteiger partial charge in [-0.3, -0.25) is 0 Å². The van der Waals surface area contributed by atoms with Crippen molar-refractivity contribution in [2.75, 3.05) is 7.05 Å². The number of hydrogen-bond acceptors (Lipinski definition) is 1. The zero-order valence-electron chi connectivity index (χ0n) is 11.6. The normalized spacial score (nSPS) is 11.6. The van der Waals surface area contributed by atoms with Crippen LogP contribution >= 0.6 is 11.6 Å². The molecule has 2 aromatic rings. The lowest BCUT2D eigenvalue weighted by atomic mass is 10.1.